The van der Waals surface area contributed by atoms with Crippen molar-refractivity contribution in [2.45, 2.75) is 25.9 Å². The molecule has 1 aromatic carbocycles. The van der Waals surface area contributed by atoms with E-state index in [0.29, 0.717) is 18.7 Å². The quantitative estimate of drug-likeness (QED) is 0.860. The second kappa shape index (κ2) is 6.13. The normalized spacial score (nSPS) is 11.1. The summed E-state index contributed by atoms with van der Waals surface area (Å²) in [5.74, 6) is -1.09. The summed E-state index contributed by atoms with van der Waals surface area (Å²) in [6.07, 6.45) is 0. The number of hydrogen-bond donors (Lipinski definition) is 2. The van der Waals surface area contributed by atoms with E-state index in [-0.39, 0.29) is 17.9 Å². The molecular weight excluding hydrogens is 234 g/mol. The molecule has 2 nitrogen and oxygen atoms in total. The zero-order valence-electron chi connectivity index (χ0n) is 9.39. The number of benzene rings is 1. The Balaban J connectivity index is 0.00000225. The fourth-order valence-electron chi connectivity index (χ4n) is 1.18. The van der Waals surface area contributed by atoms with Gasteiger partial charge in [-0.2, -0.15) is 0 Å². The van der Waals surface area contributed by atoms with Gasteiger partial charge in [0.1, 0.15) is 11.6 Å². The summed E-state index contributed by atoms with van der Waals surface area (Å²) in [7, 11) is 0. The average molecular weight is 251 g/mol. The highest BCUT2D eigenvalue weighted by Gasteiger charge is 2.10. The molecule has 92 valence electrons. The van der Waals surface area contributed by atoms with Crippen LogP contribution in [0.3, 0.4) is 0 Å². The summed E-state index contributed by atoms with van der Waals surface area (Å²) in [5, 5.41) is 3.01. The van der Waals surface area contributed by atoms with Crippen molar-refractivity contribution in [3.63, 3.8) is 0 Å². The number of halogens is 3. The van der Waals surface area contributed by atoms with Crippen LogP contribution >= 0.6 is 12.4 Å². The molecule has 16 heavy (non-hydrogen) atoms. The molecule has 0 saturated carbocycles. The number of nitrogens with one attached hydrogen (secondary N) is 1. The third-order valence-electron chi connectivity index (χ3n) is 1.91. The van der Waals surface area contributed by atoms with Crippen molar-refractivity contribution < 1.29 is 8.78 Å². The van der Waals surface area contributed by atoms with Gasteiger partial charge in [-0.25, -0.2) is 8.78 Å². The molecule has 0 saturated heterocycles. The lowest BCUT2D eigenvalue weighted by Crippen LogP contribution is -2.42. The third-order valence-corrected chi connectivity index (χ3v) is 1.91. The van der Waals surface area contributed by atoms with Crippen molar-refractivity contribution in [3.8, 4) is 0 Å². The molecule has 0 spiro atoms. The van der Waals surface area contributed by atoms with E-state index >= 15 is 0 Å². The molecule has 1 aromatic rings. The molecule has 0 heterocycles. The van der Waals surface area contributed by atoms with Crippen LogP contribution < -0.4 is 11.1 Å². The van der Waals surface area contributed by atoms with E-state index in [9.17, 15) is 8.78 Å². The van der Waals surface area contributed by atoms with Gasteiger partial charge in [0, 0.05) is 30.3 Å². The minimum atomic E-state index is -0.560. The molecule has 0 unspecified atom stereocenters. The lowest BCUT2D eigenvalue weighted by molar-refractivity contribution is 0.461. The predicted molar refractivity (Wildman–Crippen MR) is 63.6 cm³/mol. The topological polar surface area (TPSA) is 38.0 Å². The van der Waals surface area contributed by atoms with E-state index in [0.717, 1.165) is 6.07 Å². The summed E-state index contributed by atoms with van der Waals surface area (Å²) < 4.78 is 25.7. The Morgan fingerprint density at radius 1 is 1.31 bits per heavy atom. The first kappa shape index (κ1) is 15.3. The maximum atomic E-state index is 13.2. The number of hydrogen-bond acceptors (Lipinski definition) is 2. The Morgan fingerprint density at radius 3 is 2.44 bits per heavy atom. The largest absolute Gasteiger partial charge is 0.324 e. The molecule has 0 radical (unpaired) electrons. The molecule has 0 aromatic heterocycles. The zero-order chi connectivity index (χ0) is 11.5. The van der Waals surface area contributed by atoms with Gasteiger partial charge >= 0.3 is 0 Å². The highest BCUT2D eigenvalue weighted by Crippen LogP contribution is 2.09. The second-order valence-electron chi connectivity index (χ2n) is 4.33. The summed E-state index contributed by atoms with van der Waals surface area (Å²) in [5.41, 5.74) is 5.85. The maximum absolute atomic E-state index is 13.2. The Hall–Kier alpha value is -0.710. The van der Waals surface area contributed by atoms with Crippen molar-refractivity contribution in [3.05, 3.63) is 35.4 Å². The summed E-state index contributed by atoms with van der Waals surface area (Å²) in [6.45, 7) is 4.68. The standard InChI is InChI=1S/C11H16F2N2.ClH/c1-11(2,14)7-15-6-8-3-4-9(12)5-10(8)13;/h3-5,15H,6-7,14H2,1-2H3;1H. The van der Waals surface area contributed by atoms with Gasteiger partial charge in [0.15, 0.2) is 0 Å². The van der Waals surface area contributed by atoms with Crippen LogP contribution in [0.2, 0.25) is 0 Å². The monoisotopic (exact) mass is 250 g/mol. The van der Waals surface area contributed by atoms with Crippen molar-refractivity contribution >= 4 is 12.4 Å². The lowest BCUT2D eigenvalue weighted by atomic mass is 10.1. The maximum Gasteiger partial charge on any atom is 0.130 e. The summed E-state index contributed by atoms with van der Waals surface area (Å²) >= 11 is 0. The van der Waals surface area contributed by atoms with E-state index in [4.69, 9.17) is 5.73 Å². The molecular formula is C11H17ClF2N2. The average Bonchev–Trinajstić information content (AvgIpc) is 2.07. The molecule has 0 bridgehead atoms. The van der Waals surface area contributed by atoms with Gasteiger partial charge in [0.25, 0.3) is 0 Å². The minimum Gasteiger partial charge on any atom is -0.324 e. The molecule has 5 heteroatoms. The van der Waals surface area contributed by atoms with Crippen LogP contribution in [0.25, 0.3) is 0 Å². The molecule has 0 aliphatic carbocycles. The lowest BCUT2D eigenvalue weighted by Gasteiger charge is -2.19. The smallest absolute Gasteiger partial charge is 0.130 e. The van der Waals surface area contributed by atoms with Crippen LogP contribution in [0.4, 0.5) is 8.78 Å². The van der Waals surface area contributed by atoms with Crippen molar-refractivity contribution in [2.75, 3.05) is 6.54 Å². The van der Waals surface area contributed by atoms with Crippen LogP contribution in [0, 0.1) is 11.6 Å². The fourth-order valence-corrected chi connectivity index (χ4v) is 1.18. The molecule has 0 aliphatic heterocycles. The highest BCUT2D eigenvalue weighted by atomic mass is 35.5. The minimum absolute atomic E-state index is 0. The van der Waals surface area contributed by atoms with Crippen molar-refractivity contribution in [1.29, 1.82) is 0 Å². The van der Waals surface area contributed by atoms with E-state index < -0.39 is 11.6 Å². The molecule has 0 aliphatic rings. The highest BCUT2D eigenvalue weighted by molar-refractivity contribution is 5.85. The zero-order valence-corrected chi connectivity index (χ0v) is 10.2. The molecule has 3 N–H and O–H groups in total. The van der Waals surface area contributed by atoms with Crippen LogP contribution in [0.1, 0.15) is 19.4 Å². The summed E-state index contributed by atoms with van der Waals surface area (Å²) in [4.78, 5) is 0. The van der Waals surface area contributed by atoms with E-state index in [1.807, 2.05) is 13.8 Å². The Bertz CT molecular complexity index is 337. The van der Waals surface area contributed by atoms with Gasteiger partial charge in [-0.05, 0) is 19.9 Å². The molecule has 0 atom stereocenters. The Morgan fingerprint density at radius 2 is 1.94 bits per heavy atom. The molecule has 1 rings (SSSR count). The Labute approximate surface area is 101 Å². The third kappa shape index (κ3) is 5.39. The van der Waals surface area contributed by atoms with Crippen LogP contribution in [0.15, 0.2) is 18.2 Å². The first-order valence-corrected chi connectivity index (χ1v) is 4.82. The van der Waals surface area contributed by atoms with Crippen molar-refractivity contribution in [1.82, 2.24) is 5.32 Å². The molecule has 0 amide bonds. The molecule has 0 fully saturated rings. The van der Waals surface area contributed by atoms with Gasteiger partial charge in [0.2, 0.25) is 0 Å². The van der Waals surface area contributed by atoms with Gasteiger partial charge < -0.3 is 11.1 Å². The summed E-state index contributed by atoms with van der Waals surface area (Å²) in [6, 6.07) is 3.56. The van der Waals surface area contributed by atoms with Gasteiger partial charge in [-0.3, -0.25) is 0 Å². The predicted octanol–water partition coefficient (Wildman–Crippen LogP) is 2.21. The van der Waals surface area contributed by atoms with Crippen LogP contribution in [-0.2, 0) is 6.54 Å². The second-order valence-corrected chi connectivity index (χ2v) is 4.33. The van der Waals surface area contributed by atoms with Crippen LogP contribution in [-0.4, -0.2) is 12.1 Å². The number of rotatable bonds is 4. The van der Waals surface area contributed by atoms with Crippen molar-refractivity contribution in [2.24, 2.45) is 5.73 Å². The first-order valence-electron chi connectivity index (χ1n) is 4.82. The SMILES string of the molecule is CC(C)(N)CNCc1ccc(F)cc1F.Cl. The Kier molecular flexibility index (Phi) is 5.86. The van der Waals surface area contributed by atoms with Gasteiger partial charge in [0.05, 0.1) is 0 Å². The van der Waals surface area contributed by atoms with Gasteiger partial charge in [-0.1, -0.05) is 6.07 Å². The fraction of sp³-hybridized carbons (Fsp3) is 0.455. The van der Waals surface area contributed by atoms with E-state index in [1.54, 1.807) is 0 Å². The van der Waals surface area contributed by atoms with Gasteiger partial charge in [-0.15, -0.1) is 12.4 Å². The van der Waals surface area contributed by atoms with E-state index in [1.165, 1.54) is 12.1 Å². The van der Waals surface area contributed by atoms with E-state index in [2.05, 4.69) is 5.32 Å². The number of nitrogens with two attached hydrogens (primary N) is 1. The first-order chi connectivity index (χ1) is 6.88. The van der Waals surface area contributed by atoms with Crippen LogP contribution in [0.5, 0.6) is 0 Å².